The fourth-order valence-electron chi connectivity index (χ4n) is 2.59. The van der Waals surface area contributed by atoms with Crippen molar-refractivity contribution in [2.75, 3.05) is 11.1 Å². The average Bonchev–Trinajstić information content (AvgIpc) is 3.08. The maximum Gasteiger partial charge on any atom is 0.224 e. The Balaban J connectivity index is 1.60. The fraction of sp³-hybridized carbons (Fsp3) is 0.250. The van der Waals surface area contributed by atoms with Gasteiger partial charge in [-0.15, -0.1) is 10.2 Å². The molecule has 0 spiro atoms. The molecule has 0 aliphatic rings. The molecule has 0 fully saturated rings. The Hall–Kier alpha value is -3.00. The largest absolute Gasteiger partial charge is 0.326 e. The Morgan fingerprint density at radius 2 is 1.93 bits per heavy atom. The monoisotopic (exact) mass is 395 g/mol. The van der Waals surface area contributed by atoms with Gasteiger partial charge < -0.3 is 9.88 Å². The number of pyridine rings is 1. The summed E-state index contributed by atoms with van der Waals surface area (Å²) in [7, 11) is 1.86. The normalized spacial score (nSPS) is 10.6. The molecule has 1 aromatic carbocycles. The number of carbonyl (C=O) groups excluding carboxylic acids is 2. The van der Waals surface area contributed by atoms with Crippen molar-refractivity contribution in [2.45, 2.75) is 24.9 Å². The molecule has 2 heterocycles. The Morgan fingerprint density at radius 1 is 1.14 bits per heavy atom. The van der Waals surface area contributed by atoms with Gasteiger partial charge in [0.1, 0.15) is 0 Å². The van der Waals surface area contributed by atoms with Crippen LogP contribution in [0.25, 0.3) is 11.4 Å². The minimum absolute atomic E-state index is 0.0117. The molecule has 0 saturated carbocycles. The highest BCUT2D eigenvalue weighted by molar-refractivity contribution is 7.99. The third kappa shape index (κ3) is 4.83. The number of aromatic nitrogens is 4. The van der Waals surface area contributed by atoms with E-state index in [2.05, 4.69) is 20.5 Å². The zero-order valence-corrected chi connectivity index (χ0v) is 16.6. The molecule has 0 aliphatic heterocycles. The first kappa shape index (κ1) is 19.8. The molecule has 0 atom stereocenters. The second-order valence-corrected chi connectivity index (χ2v) is 7.14. The minimum Gasteiger partial charge on any atom is -0.326 e. The second kappa shape index (κ2) is 9.27. The number of hydrogen-bond acceptors (Lipinski definition) is 6. The second-order valence-electron chi connectivity index (χ2n) is 6.19. The van der Waals surface area contributed by atoms with E-state index in [0.29, 0.717) is 28.7 Å². The van der Waals surface area contributed by atoms with Crippen LogP contribution in [0.4, 0.5) is 5.69 Å². The SMILES string of the molecule is CCCC(=O)Nc1ccc(C(=O)CSc2nnc(-c3cccnc3)n2C)cc1. The van der Waals surface area contributed by atoms with Crippen LogP contribution in [-0.4, -0.2) is 37.2 Å². The lowest BCUT2D eigenvalue weighted by atomic mass is 10.1. The molecule has 0 radical (unpaired) electrons. The lowest BCUT2D eigenvalue weighted by Gasteiger charge is -2.06. The molecule has 0 aliphatic carbocycles. The van der Waals surface area contributed by atoms with Gasteiger partial charge in [0.15, 0.2) is 16.8 Å². The maximum absolute atomic E-state index is 12.5. The van der Waals surface area contributed by atoms with Crippen LogP contribution in [-0.2, 0) is 11.8 Å². The molecular formula is C20H21N5O2S. The summed E-state index contributed by atoms with van der Waals surface area (Å²) >= 11 is 1.34. The number of nitrogens with zero attached hydrogens (tertiary/aromatic N) is 4. The highest BCUT2D eigenvalue weighted by Crippen LogP contribution is 2.23. The standard InChI is InChI=1S/C20H21N5O2S/c1-3-5-18(27)22-16-9-7-14(8-10-16)17(26)13-28-20-24-23-19(25(20)2)15-6-4-11-21-12-15/h4,6-12H,3,5,13H2,1-2H3,(H,22,27). The molecule has 28 heavy (non-hydrogen) atoms. The van der Waals surface area contributed by atoms with Gasteiger partial charge in [-0.25, -0.2) is 0 Å². The summed E-state index contributed by atoms with van der Waals surface area (Å²) in [6.07, 6.45) is 4.71. The minimum atomic E-state index is -0.0242. The first-order chi connectivity index (χ1) is 13.6. The van der Waals surface area contributed by atoms with Crippen molar-refractivity contribution in [3.8, 4) is 11.4 Å². The fourth-order valence-corrected chi connectivity index (χ4v) is 3.40. The summed E-state index contributed by atoms with van der Waals surface area (Å²) in [5, 5.41) is 11.8. The van der Waals surface area contributed by atoms with E-state index < -0.39 is 0 Å². The smallest absolute Gasteiger partial charge is 0.224 e. The first-order valence-corrected chi connectivity index (χ1v) is 9.92. The van der Waals surface area contributed by atoms with Crippen LogP contribution in [0.2, 0.25) is 0 Å². The Kier molecular flexibility index (Phi) is 6.54. The first-order valence-electron chi connectivity index (χ1n) is 8.94. The third-order valence-electron chi connectivity index (χ3n) is 4.05. The van der Waals surface area contributed by atoms with E-state index >= 15 is 0 Å². The number of ketones is 1. The van der Waals surface area contributed by atoms with E-state index in [4.69, 9.17) is 0 Å². The van der Waals surface area contributed by atoms with Crippen LogP contribution in [0, 0.1) is 0 Å². The van der Waals surface area contributed by atoms with Crippen LogP contribution in [0.3, 0.4) is 0 Å². The Bertz CT molecular complexity index is 954. The van der Waals surface area contributed by atoms with Gasteiger partial charge in [-0.2, -0.15) is 0 Å². The zero-order valence-electron chi connectivity index (χ0n) is 15.8. The molecule has 0 bridgehead atoms. The average molecular weight is 395 g/mol. The van der Waals surface area contributed by atoms with Gasteiger partial charge in [0.2, 0.25) is 5.91 Å². The van der Waals surface area contributed by atoms with Crippen molar-refractivity contribution >= 4 is 29.1 Å². The summed E-state index contributed by atoms with van der Waals surface area (Å²) < 4.78 is 1.85. The number of hydrogen-bond donors (Lipinski definition) is 1. The van der Waals surface area contributed by atoms with Crippen LogP contribution < -0.4 is 5.32 Å². The molecule has 1 amide bonds. The van der Waals surface area contributed by atoms with Crippen LogP contribution in [0.15, 0.2) is 53.9 Å². The van der Waals surface area contributed by atoms with Crippen LogP contribution in [0.5, 0.6) is 0 Å². The molecule has 2 aromatic heterocycles. The quantitative estimate of drug-likeness (QED) is 0.463. The third-order valence-corrected chi connectivity index (χ3v) is 5.07. The predicted octanol–water partition coefficient (Wildman–Crippen LogP) is 3.59. The van der Waals surface area contributed by atoms with Crippen LogP contribution >= 0.6 is 11.8 Å². The number of thioether (sulfide) groups is 1. The Labute approximate surface area is 167 Å². The molecule has 144 valence electrons. The molecule has 0 unspecified atom stereocenters. The summed E-state index contributed by atoms with van der Waals surface area (Å²) in [6, 6.07) is 10.7. The number of Topliss-reactive ketones (excluding diaryl/α,β-unsaturated/α-hetero) is 1. The molecule has 3 rings (SSSR count). The molecule has 3 aromatic rings. The number of benzene rings is 1. The summed E-state index contributed by atoms with van der Waals surface area (Å²) in [4.78, 5) is 28.2. The van der Waals surface area contributed by atoms with Crippen molar-refractivity contribution in [3.05, 3.63) is 54.4 Å². The lowest BCUT2D eigenvalue weighted by molar-refractivity contribution is -0.116. The van der Waals surface area contributed by atoms with Gasteiger partial charge in [-0.3, -0.25) is 14.6 Å². The van der Waals surface area contributed by atoms with Crippen LogP contribution in [0.1, 0.15) is 30.1 Å². The van der Waals surface area contributed by atoms with Gasteiger partial charge in [-0.05, 0) is 42.8 Å². The van der Waals surface area contributed by atoms with E-state index in [9.17, 15) is 9.59 Å². The number of nitrogens with one attached hydrogen (secondary N) is 1. The number of anilines is 1. The predicted molar refractivity (Wildman–Crippen MR) is 109 cm³/mol. The summed E-state index contributed by atoms with van der Waals surface area (Å²) in [6.45, 7) is 1.95. The van der Waals surface area contributed by atoms with Gasteiger partial charge >= 0.3 is 0 Å². The van der Waals surface area contributed by atoms with Gasteiger partial charge in [-0.1, -0.05) is 18.7 Å². The van der Waals surface area contributed by atoms with E-state index in [1.54, 1.807) is 36.7 Å². The molecular weight excluding hydrogens is 374 g/mol. The van der Waals surface area contributed by atoms with E-state index in [1.807, 2.05) is 30.7 Å². The van der Waals surface area contributed by atoms with Crippen molar-refractivity contribution < 1.29 is 9.59 Å². The number of carbonyl (C=O) groups is 2. The zero-order chi connectivity index (χ0) is 19.9. The van der Waals surface area contributed by atoms with E-state index in [-0.39, 0.29) is 17.4 Å². The molecule has 7 nitrogen and oxygen atoms in total. The summed E-state index contributed by atoms with van der Waals surface area (Å²) in [5.41, 5.74) is 2.16. The van der Waals surface area contributed by atoms with Gasteiger partial charge in [0.25, 0.3) is 0 Å². The number of amides is 1. The van der Waals surface area contributed by atoms with Crippen molar-refractivity contribution in [1.29, 1.82) is 0 Å². The van der Waals surface area contributed by atoms with Gasteiger partial charge in [0.05, 0.1) is 5.75 Å². The lowest BCUT2D eigenvalue weighted by Crippen LogP contribution is -2.11. The van der Waals surface area contributed by atoms with Crippen molar-refractivity contribution in [3.63, 3.8) is 0 Å². The Morgan fingerprint density at radius 3 is 2.61 bits per heavy atom. The maximum atomic E-state index is 12.5. The molecule has 8 heteroatoms. The number of rotatable bonds is 8. The highest BCUT2D eigenvalue weighted by Gasteiger charge is 2.14. The summed E-state index contributed by atoms with van der Waals surface area (Å²) in [5.74, 6) is 0.919. The van der Waals surface area contributed by atoms with E-state index in [0.717, 1.165) is 12.0 Å². The highest BCUT2D eigenvalue weighted by atomic mass is 32.2. The van der Waals surface area contributed by atoms with E-state index in [1.165, 1.54) is 11.8 Å². The topological polar surface area (TPSA) is 89.8 Å². The van der Waals surface area contributed by atoms with Crippen molar-refractivity contribution in [2.24, 2.45) is 7.05 Å². The molecule has 0 saturated heterocycles. The van der Waals surface area contributed by atoms with Crippen molar-refractivity contribution in [1.82, 2.24) is 19.7 Å². The molecule has 1 N–H and O–H groups in total. The van der Waals surface area contributed by atoms with Gasteiger partial charge in [0, 0.05) is 42.7 Å².